The highest BCUT2D eigenvalue weighted by Crippen LogP contribution is 2.30. The third kappa shape index (κ3) is 3.83. The fraction of sp³-hybridized carbons (Fsp3) is 0.381. The van der Waals surface area contributed by atoms with Gasteiger partial charge in [-0.3, -0.25) is 4.79 Å². The Morgan fingerprint density at radius 2 is 2.03 bits per heavy atom. The minimum Gasteiger partial charge on any atom is -0.493 e. The number of methoxy groups -OCH3 is 1. The van der Waals surface area contributed by atoms with E-state index in [1.165, 1.54) is 6.42 Å². The summed E-state index contributed by atoms with van der Waals surface area (Å²) in [6.07, 6.45) is 5.20. The number of furan rings is 1. The van der Waals surface area contributed by atoms with E-state index in [1.807, 2.05) is 31.1 Å². The Balaban J connectivity index is 1.60. The third-order valence-corrected chi connectivity index (χ3v) is 5.02. The maximum absolute atomic E-state index is 12.8. The fourth-order valence-electron chi connectivity index (χ4n) is 3.53. The lowest BCUT2D eigenvalue weighted by atomic mass is 10.1. The number of amides is 1. The largest absolute Gasteiger partial charge is 0.493 e. The van der Waals surface area contributed by atoms with Crippen molar-refractivity contribution in [3.8, 4) is 5.75 Å². The van der Waals surface area contributed by atoms with Crippen molar-refractivity contribution in [3.05, 3.63) is 36.2 Å². The van der Waals surface area contributed by atoms with E-state index >= 15 is 0 Å². The lowest BCUT2D eigenvalue weighted by Gasteiger charge is -2.27. The molecule has 1 amide bonds. The highest BCUT2D eigenvalue weighted by molar-refractivity contribution is 6.06. The Hall–Kier alpha value is -3.29. The maximum Gasteiger partial charge on any atom is 0.291 e. The van der Waals surface area contributed by atoms with Gasteiger partial charge in [0.1, 0.15) is 5.69 Å². The molecule has 1 aromatic carbocycles. The van der Waals surface area contributed by atoms with Crippen LogP contribution >= 0.6 is 0 Å². The van der Waals surface area contributed by atoms with Crippen LogP contribution in [0.4, 0.5) is 17.5 Å². The average molecular weight is 395 g/mol. The van der Waals surface area contributed by atoms with Crippen LogP contribution in [0.2, 0.25) is 0 Å². The van der Waals surface area contributed by atoms with Gasteiger partial charge in [0.05, 0.1) is 13.3 Å². The molecular formula is C21H25N5O3. The molecule has 0 saturated carbocycles. The molecule has 1 aliphatic heterocycles. The molecule has 0 spiro atoms. The molecule has 1 aliphatic rings. The summed E-state index contributed by atoms with van der Waals surface area (Å²) < 4.78 is 11.0. The zero-order valence-electron chi connectivity index (χ0n) is 16.9. The van der Waals surface area contributed by atoms with E-state index in [9.17, 15) is 4.79 Å². The SMILES string of the molecule is COc1cccc2cc(C(=O)Nc3cnc(N4CCCCC4)nc3N(C)C)oc12. The van der Waals surface area contributed by atoms with E-state index in [0.717, 1.165) is 31.3 Å². The quantitative estimate of drug-likeness (QED) is 0.707. The van der Waals surface area contributed by atoms with Crippen LogP contribution in [0, 0.1) is 0 Å². The second-order valence-electron chi connectivity index (χ2n) is 7.29. The molecule has 152 valence electrons. The number of piperidine rings is 1. The van der Waals surface area contributed by atoms with E-state index in [1.54, 1.807) is 25.4 Å². The second kappa shape index (κ2) is 7.98. The highest BCUT2D eigenvalue weighted by atomic mass is 16.5. The molecule has 0 bridgehead atoms. The number of nitrogens with zero attached hydrogens (tertiary/aromatic N) is 4. The van der Waals surface area contributed by atoms with E-state index in [0.29, 0.717) is 28.8 Å². The molecule has 8 heteroatoms. The van der Waals surface area contributed by atoms with Crippen molar-refractivity contribution in [1.29, 1.82) is 0 Å². The molecule has 1 fully saturated rings. The van der Waals surface area contributed by atoms with Gasteiger partial charge in [-0.2, -0.15) is 4.98 Å². The van der Waals surface area contributed by atoms with Gasteiger partial charge in [-0.25, -0.2) is 4.98 Å². The van der Waals surface area contributed by atoms with Gasteiger partial charge in [-0.15, -0.1) is 0 Å². The van der Waals surface area contributed by atoms with Crippen LogP contribution < -0.4 is 19.9 Å². The van der Waals surface area contributed by atoms with Gasteiger partial charge in [0.2, 0.25) is 5.95 Å². The zero-order valence-corrected chi connectivity index (χ0v) is 16.9. The molecule has 4 rings (SSSR count). The van der Waals surface area contributed by atoms with Crippen LogP contribution in [0.3, 0.4) is 0 Å². The van der Waals surface area contributed by atoms with Crippen LogP contribution in [0.15, 0.2) is 34.9 Å². The summed E-state index contributed by atoms with van der Waals surface area (Å²) >= 11 is 0. The molecule has 0 aliphatic carbocycles. The van der Waals surface area contributed by atoms with E-state index < -0.39 is 0 Å². The summed E-state index contributed by atoms with van der Waals surface area (Å²) in [6, 6.07) is 7.23. The number of rotatable bonds is 5. The van der Waals surface area contributed by atoms with Gasteiger partial charge < -0.3 is 24.3 Å². The van der Waals surface area contributed by atoms with Crippen molar-refractivity contribution in [2.75, 3.05) is 49.4 Å². The summed E-state index contributed by atoms with van der Waals surface area (Å²) in [7, 11) is 5.36. The summed E-state index contributed by atoms with van der Waals surface area (Å²) in [6.45, 7) is 1.92. The van der Waals surface area contributed by atoms with Crippen molar-refractivity contribution in [2.45, 2.75) is 19.3 Å². The molecule has 2 aromatic heterocycles. The van der Waals surface area contributed by atoms with Gasteiger partial charge in [0, 0.05) is 32.6 Å². The standard InChI is InChI=1S/C21H25N5O3/c1-25(2)19-15(13-22-21(24-19)26-10-5-4-6-11-26)23-20(27)17-12-14-8-7-9-16(28-3)18(14)29-17/h7-9,12-13H,4-6,10-11H2,1-3H3,(H,23,27). The normalized spacial score (nSPS) is 14.1. The molecule has 1 saturated heterocycles. The Morgan fingerprint density at radius 3 is 2.76 bits per heavy atom. The second-order valence-corrected chi connectivity index (χ2v) is 7.29. The number of carbonyl (C=O) groups is 1. The smallest absolute Gasteiger partial charge is 0.291 e. The van der Waals surface area contributed by atoms with Gasteiger partial charge >= 0.3 is 0 Å². The minimum absolute atomic E-state index is 0.203. The van der Waals surface area contributed by atoms with E-state index in [4.69, 9.17) is 9.15 Å². The Kier molecular flexibility index (Phi) is 5.24. The number of hydrogen-bond acceptors (Lipinski definition) is 7. The maximum atomic E-state index is 12.8. The number of para-hydroxylation sites is 1. The Morgan fingerprint density at radius 1 is 1.24 bits per heavy atom. The van der Waals surface area contributed by atoms with Crippen molar-refractivity contribution < 1.29 is 13.9 Å². The summed E-state index contributed by atoms with van der Waals surface area (Å²) in [5.41, 5.74) is 1.08. The van der Waals surface area contributed by atoms with Crippen molar-refractivity contribution in [1.82, 2.24) is 9.97 Å². The predicted octanol–water partition coefficient (Wildman–Crippen LogP) is 3.54. The first-order chi connectivity index (χ1) is 14.1. The van der Waals surface area contributed by atoms with Gasteiger partial charge in [-0.05, 0) is 31.4 Å². The summed E-state index contributed by atoms with van der Waals surface area (Å²) in [5, 5.41) is 3.68. The van der Waals surface area contributed by atoms with Crippen LogP contribution in [0.1, 0.15) is 29.8 Å². The first kappa shape index (κ1) is 19.0. The van der Waals surface area contributed by atoms with Crippen LogP contribution in [-0.4, -0.2) is 50.2 Å². The number of hydrogen-bond donors (Lipinski definition) is 1. The molecule has 0 radical (unpaired) electrons. The van der Waals surface area contributed by atoms with Gasteiger partial charge in [0.15, 0.2) is 22.9 Å². The molecule has 3 heterocycles. The minimum atomic E-state index is -0.360. The van der Waals surface area contributed by atoms with Crippen molar-refractivity contribution >= 4 is 34.3 Å². The molecule has 8 nitrogen and oxygen atoms in total. The predicted molar refractivity (Wildman–Crippen MR) is 113 cm³/mol. The third-order valence-electron chi connectivity index (χ3n) is 5.02. The van der Waals surface area contributed by atoms with E-state index in [2.05, 4.69) is 20.2 Å². The Labute approximate surface area is 169 Å². The first-order valence-electron chi connectivity index (χ1n) is 9.74. The average Bonchev–Trinajstić information content (AvgIpc) is 3.19. The fourth-order valence-corrected chi connectivity index (χ4v) is 3.53. The van der Waals surface area contributed by atoms with Crippen LogP contribution in [0.5, 0.6) is 5.75 Å². The number of aromatic nitrogens is 2. The number of fused-ring (bicyclic) bond motifs is 1. The number of anilines is 3. The number of nitrogens with one attached hydrogen (secondary N) is 1. The molecule has 0 unspecified atom stereocenters. The lowest BCUT2D eigenvalue weighted by molar-refractivity contribution is 0.0998. The first-order valence-corrected chi connectivity index (χ1v) is 9.74. The number of benzene rings is 1. The van der Waals surface area contributed by atoms with Crippen molar-refractivity contribution in [3.63, 3.8) is 0 Å². The summed E-state index contributed by atoms with van der Waals surface area (Å²) in [4.78, 5) is 26.0. The summed E-state index contributed by atoms with van der Waals surface area (Å²) in [5.74, 6) is 1.78. The lowest BCUT2D eigenvalue weighted by Crippen LogP contribution is -2.31. The molecular weight excluding hydrogens is 370 g/mol. The molecule has 29 heavy (non-hydrogen) atoms. The molecule has 1 N–H and O–H groups in total. The van der Waals surface area contributed by atoms with Crippen LogP contribution in [0.25, 0.3) is 11.0 Å². The topological polar surface area (TPSA) is 83.7 Å². The van der Waals surface area contributed by atoms with E-state index in [-0.39, 0.29) is 11.7 Å². The van der Waals surface area contributed by atoms with Gasteiger partial charge in [-0.1, -0.05) is 12.1 Å². The van der Waals surface area contributed by atoms with Crippen molar-refractivity contribution in [2.24, 2.45) is 0 Å². The molecule has 0 atom stereocenters. The van der Waals surface area contributed by atoms with Crippen LogP contribution in [-0.2, 0) is 0 Å². The number of carbonyl (C=O) groups excluding carboxylic acids is 1. The Bertz CT molecular complexity index is 1020. The number of ether oxygens (including phenoxy) is 1. The zero-order chi connectivity index (χ0) is 20.4. The monoisotopic (exact) mass is 395 g/mol. The highest BCUT2D eigenvalue weighted by Gasteiger charge is 2.20. The molecule has 3 aromatic rings. The van der Waals surface area contributed by atoms with Gasteiger partial charge in [0.25, 0.3) is 5.91 Å².